The first kappa shape index (κ1) is 17.6. The van der Waals surface area contributed by atoms with Crippen molar-refractivity contribution in [2.75, 3.05) is 13.2 Å². The van der Waals surface area contributed by atoms with Crippen LogP contribution in [0.5, 0.6) is 11.5 Å². The van der Waals surface area contributed by atoms with Crippen LogP contribution in [0.3, 0.4) is 0 Å². The van der Waals surface area contributed by atoms with Crippen molar-refractivity contribution < 1.29 is 9.47 Å². The first-order valence-corrected chi connectivity index (χ1v) is 8.39. The van der Waals surface area contributed by atoms with Crippen LogP contribution in [0.2, 0.25) is 5.02 Å². The normalized spacial score (nSPS) is 12.0. The number of ether oxygens (including phenoxy) is 2. The Morgan fingerprint density at radius 1 is 1.04 bits per heavy atom. The minimum atomic E-state index is 0.261. The predicted molar refractivity (Wildman–Crippen MR) is 95.5 cm³/mol. The Morgan fingerprint density at radius 3 is 2.39 bits per heavy atom. The summed E-state index contributed by atoms with van der Waals surface area (Å²) >= 11 is 6.35. The fraction of sp³-hybridized carbons (Fsp3) is 0.368. The van der Waals surface area contributed by atoms with Crippen LogP contribution in [0.25, 0.3) is 0 Å². The molecule has 0 radical (unpaired) electrons. The van der Waals surface area contributed by atoms with Crippen LogP contribution >= 0.6 is 11.6 Å². The van der Waals surface area contributed by atoms with Crippen molar-refractivity contribution in [3.63, 3.8) is 0 Å². The summed E-state index contributed by atoms with van der Waals surface area (Å²) < 4.78 is 11.3. The Morgan fingerprint density at radius 2 is 1.74 bits per heavy atom. The molecule has 0 saturated heterocycles. The van der Waals surface area contributed by atoms with E-state index in [4.69, 9.17) is 21.1 Å². The second kappa shape index (κ2) is 8.80. The zero-order valence-electron chi connectivity index (χ0n) is 13.9. The fourth-order valence-corrected chi connectivity index (χ4v) is 2.69. The van der Waals surface area contributed by atoms with Crippen LogP contribution in [0.15, 0.2) is 42.5 Å². The Kier molecular flexibility index (Phi) is 6.75. The highest BCUT2D eigenvalue weighted by Gasteiger charge is 2.13. The first-order valence-electron chi connectivity index (χ1n) is 8.02. The van der Waals surface area contributed by atoms with Gasteiger partial charge in [-0.1, -0.05) is 41.9 Å². The van der Waals surface area contributed by atoms with E-state index in [-0.39, 0.29) is 6.04 Å². The standard InChI is InChI=1S/C19H24ClNO2/c1-4-22-18-12-15(11-17(20)19(18)23-5-2)13-21-14(3)16-9-7-6-8-10-16/h6-12,14,21H,4-5,13H2,1-3H3/t14-/m0/s1. The molecule has 0 aromatic heterocycles. The van der Waals surface area contributed by atoms with Gasteiger partial charge in [0.2, 0.25) is 0 Å². The quantitative estimate of drug-likeness (QED) is 0.738. The Balaban J connectivity index is 2.10. The molecule has 0 aliphatic heterocycles. The maximum absolute atomic E-state index is 6.35. The Labute approximate surface area is 143 Å². The molecule has 4 heteroatoms. The summed E-state index contributed by atoms with van der Waals surface area (Å²) in [4.78, 5) is 0. The van der Waals surface area contributed by atoms with Crippen LogP contribution in [-0.4, -0.2) is 13.2 Å². The van der Waals surface area contributed by atoms with Gasteiger partial charge in [0.25, 0.3) is 0 Å². The molecule has 2 aromatic rings. The topological polar surface area (TPSA) is 30.5 Å². The van der Waals surface area contributed by atoms with Crippen molar-refractivity contribution in [2.24, 2.45) is 0 Å². The summed E-state index contributed by atoms with van der Waals surface area (Å²) in [5, 5.41) is 4.09. The molecule has 2 rings (SSSR count). The van der Waals surface area contributed by atoms with E-state index in [1.165, 1.54) is 5.56 Å². The fourth-order valence-electron chi connectivity index (χ4n) is 2.40. The first-order chi connectivity index (χ1) is 11.2. The average Bonchev–Trinajstić information content (AvgIpc) is 2.57. The van der Waals surface area contributed by atoms with Gasteiger partial charge in [-0.15, -0.1) is 0 Å². The lowest BCUT2D eigenvalue weighted by molar-refractivity contribution is 0.287. The molecule has 1 atom stereocenters. The molecule has 1 N–H and O–H groups in total. The third-order valence-corrected chi connectivity index (χ3v) is 3.85. The van der Waals surface area contributed by atoms with Gasteiger partial charge < -0.3 is 14.8 Å². The number of halogens is 1. The van der Waals surface area contributed by atoms with Gasteiger partial charge in [0.1, 0.15) is 0 Å². The molecule has 0 unspecified atom stereocenters. The highest BCUT2D eigenvalue weighted by molar-refractivity contribution is 6.32. The second-order valence-electron chi connectivity index (χ2n) is 5.28. The van der Waals surface area contributed by atoms with Gasteiger partial charge in [-0.2, -0.15) is 0 Å². The maximum Gasteiger partial charge on any atom is 0.179 e. The molecule has 0 spiro atoms. The summed E-state index contributed by atoms with van der Waals surface area (Å²) in [5.74, 6) is 1.32. The summed E-state index contributed by atoms with van der Waals surface area (Å²) in [6.07, 6.45) is 0. The zero-order chi connectivity index (χ0) is 16.7. The molecule has 0 bridgehead atoms. The zero-order valence-corrected chi connectivity index (χ0v) is 14.7. The lowest BCUT2D eigenvalue weighted by atomic mass is 10.1. The predicted octanol–water partition coefficient (Wildman–Crippen LogP) is 4.99. The van der Waals surface area contributed by atoms with Crippen molar-refractivity contribution >= 4 is 11.6 Å². The molecule has 3 nitrogen and oxygen atoms in total. The van der Waals surface area contributed by atoms with Gasteiger partial charge in [0.05, 0.1) is 18.2 Å². The summed E-state index contributed by atoms with van der Waals surface area (Å²) in [6, 6.07) is 14.5. The molecule has 0 amide bonds. The smallest absolute Gasteiger partial charge is 0.179 e. The van der Waals surface area contributed by atoms with E-state index in [1.54, 1.807) is 0 Å². The van der Waals surface area contributed by atoms with Crippen molar-refractivity contribution in [3.8, 4) is 11.5 Å². The molecule has 124 valence electrons. The third kappa shape index (κ3) is 4.88. The van der Waals surface area contributed by atoms with Crippen LogP contribution in [0.1, 0.15) is 37.9 Å². The van der Waals surface area contributed by atoms with E-state index in [9.17, 15) is 0 Å². The Hall–Kier alpha value is -1.71. The lowest BCUT2D eigenvalue weighted by Crippen LogP contribution is -2.18. The van der Waals surface area contributed by atoms with E-state index in [0.29, 0.717) is 36.3 Å². The highest BCUT2D eigenvalue weighted by atomic mass is 35.5. The van der Waals surface area contributed by atoms with Crippen molar-refractivity contribution in [2.45, 2.75) is 33.4 Å². The highest BCUT2D eigenvalue weighted by Crippen LogP contribution is 2.36. The van der Waals surface area contributed by atoms with Crippen LogP contribution in [0, 0.1) is 0 Å². The summed E-state index contributed by atoms with van der Waals surface area (Å²) in [6.45, 7) is 7.88. The number of hydrogen-bond acceptors (Lipinski definition) is 3. The molecule has 0 saturated carbocycles. The molecule has 23 heavy (non-hydrogen) atoms. The number of hydrogen-bond donors (Lipinski definition) is 1. The molecule has 2 aromatic carbocycles. The lowest BCUT2D eigenvalue weighted by Gasteiger charge is -2.17. The van der Waals surface area contributed by atoms with Crippen molar-refractivity contribution in [1.82, 2.24) is 5.32 Å². The van der Waals surface area contributed by atoms with Gasteiger partial charge >= 0.3 is 0 Å². The monoisotopic (exact) mass is 333 g/mol. The van der Waals surface area contributed by atoms with Crippen molar-refractivity contribution in [1.29, 1.82) is 0 Å². The van der Waals surface area contributed by atoms with Gasteiger partial charge in [0, 0.05) is 12.6 Å². The average molecular weight is 334 g/mol. The van der Waals surface area contributed by atoms with E-state index in [1.807, 2.05) is 32.0 Å². The van der Waals surface area contributed by atoms with Gasteiger partial charge in [-0.05, 0) is 44.0 Å². The molecule has 0 fully saturated rings. The van der Waals surface area contributed by atoms with Gasteiger partial charge in [-0.3, -0.25) is 0 Å². The Bertz CT molecular complexity index is 616. The molecular weight excluding hydrogens is 310 g/mol. The van der Waals surface area contributed by atoms with Gasteiger partial charge in [-0.25, -0.2) is 0 Å². The largest absolute Gasteiger partial charge is 0.490 e. The summed E-state index contributed by atoms with van der Waals surface area (Å²) in [7, 11) is 0. The maximum atomic E-state index is 6.35. The minimum Gasteiger partial charge on any atom is -0.490 e. The van der Waals surface area contributed by atoms with E-state index in [0.717, 1.165) is 5.56 Å². The minimum absolute atomic E-state index is 0.261. The van der Waals surface area contributed by atoms with Crippen LogP contribution in [-0.2, 0) is 6.54 Å². The molecular formula is C19H24ClNO2. The second-order valence-corrected chi connectivity index (χ2v) is 5.69. The number of benzene rings is 2. The number of rotatable bonds is 8. The van der Waals surface area contributed by atoms with Crippen molar-refractivity contribution in [3.05, 3.63) is 58.6 Å². The van der Waals surface area contributed by atoms with Crippen LogP contribution in [0.4, 0.5) is 0 Å². The van der Waals surface area contributed by atoms with Crippen LogP contribution < -0.4 is 14.8 Å². The number of nitrogens with one attached hydrogen (secondary N) is 1. The van der Waals surface area contributed by atoms with E-state index >= 15 is 0 Å². The molecule has 0 aliphatic rings. The third-order valence-electron chi connectivity index (χ3n) is 3.57. The van der Waals surface area contributed by atoms with Gasteiger partial charge in [0.15, 0.2) is 11.5 Å². The van der Waals surface area contributed by atoms with E-state index < -0.39 is 0 Å². The molecule has 0 heterocycles. The molecule has 0 aliphatic carbocycles. The summed E-state index contributed by atoms with van der Waals surface area (Å²) in [5.41, 5.74) is 2.33. The van der Waals surface area contributed by atoms with E-state index in [2.05, 4.69) is 36.5 Å². The SMILES string of the molecule is CCOc1cc(CN[C@@H](C)c2ccccc2)cc(Cl)c1OCC.